The number of hydrogen-bond acceptors (Lipinski definition) is 6. The van der Waals surface area contributed by atoms with E-state index in [0.717, 1.165) is 40.0 Å². The first-order valence-electron chi connectivity index (χ1n) is 17.5. The smallest absolute Gasteiger partial charge is 0.341 e. The van der Waals surface area contributed by atoms with E-state index < -0.39 is 17.7 Å². The Morgan fingerprint density at radius 1 is 0.920 bits per heavy atom. The summed E-state index contributed by atoms with van der Waals surface area (Å²) < 4.78 is 14.5. The Morgan fingerprint density at radius 2 is 1.58 bits per heavy atom. The molecule has 1 atom stereocenters. The molecular weight excluding hydrogens is 626 g/mol. The Kier molecular flexibility index (Phi) is 11.0. The minimum atomic E-state index is -1.52. The van der Waals surface area contributed by atoms with E-state index in [1.807, 2.05) is 91.5 Å². The molecule has 2 heterocycles. The first-order chi connectivity index (χ1) is 24.0. The van der Waals surface area contributed by atoms with Gasteiger partial charge in [0.2, 0.25) is 5.72 Å². The Bertz CT molecular complexity index is 1940. The van der Waals surface area contributed by atoms with E-state index in [0.29, 0.717) is 30.0 Å². The highest BCUT2D eigenvalue weighted by atomic mass is 16.6. The maximum Gasteiger partial charge on any atom is 0.341 e. The topological polar surface area (TPSA) is 107 Å². The van der Waals surface area contributed by atoms with Crippen LogP contribution in [0.1, 0.15) is 97.8 Å². The predicted octanol–water partition coefficient (Wildman–Crippen LogP) is 9.58. The van der Waals surface area contributed by atoms with E-state index in [2.05, 4.69) is 38.3 Å². The highest BCUT2D eigenvalue weighted by Crippen LogP contribution is 2.53. The summed E-state index contributed by atoms with van der Waals surface area (Å²) >= 11 is 0. The van der Waals surface area contributed by atoms with Crippen molar-refractivity contribution in [1.29, 1.82) is 0 Å². The SMILES string of the molecule is CCCCCC(C)(C)N.CCOc1ccc(N(c2ccccc2)C2(c3c(C)n(CC)c4ccccc34)OC(=O)c3ccc(C(=O)O)cc32)cc1. The van der Waals surface area contributed by atoms with Gasteiger partial charge in [-0.25, -0.2) is 9.59 Å². The number of carboxylic acid groups (broad SMARTS) is 1. The molecule has 0 aliphatic carbocycles. The number of hydrogen-bond donors (Lipinski definition) is 2. The van der Waals surface area contributed by atoms with Crippen LogP contribution >= 0.6 is 0 Å². The van der Waals surface area contributed by atoms with Crippen LogP contribution in [0, 0.1) is 6.92 Å². The zero-order chi connectivity index (χ0) is 36.1. The van der Waals surface area contributed by atoms with Gasteiger partial charge in [-0.05, 0) is 102 Å². The third-order valence-corrected chi connectivity index (χ3v) is 9.14. The van der Waals surface area contributed by atoms with Crippen molar-refractivity contribution in [3.8, 4) is 5.75 Å². The number of ether oxygens (including phenoxy) is 2. The van der Waals surface area contributed by atoms with E-state index >= 15 is 0 Å². The summed E-state index contributed by atoms with van der Waals surface area (Å²) in [7, 11) is 0. The molecule has 8 heteroatoms. The third kappa shape index (κ3) is 7.12. The molecule has 0 saturated heterocycles. The molecule has 0 bridgehead atoms. The lowest BCUT2D eigenvalue weighted by molar-refractivity contribution is 0.0136. The second kappa shape index (κ2) is 15.2. The van der Waals surface area contributed by atoms with Gasteiger partial charge in [0.1, 0.15) is 5.75 Å². The molecule has 6 rings (SSSR count). The maximum atomic E-state index is 13.7. The van der Waals surface area contributed by atoms with Gasteiger partial charge >= 0.3 is 11.9 Å². The van der Waals surface area contributed by atoms with E-state index in [9.17, 15) is 14.7 Å². The van der Waals surface area contributed by atoms with Crippen LogP contribution in [0.15, 0.2) is 97.1 Å². The second-order valence-corrected chi connectivity index (χ2v) is 13.4. The van der Waals surface area contributed by atoms with E-state index in [1.165, 1.54) is 25.3 Å². The van der Waals surface area contributed by atoms with E-state index in [4.69, 9.17) is 15.2 Å². The average Bonchev–Trinajstić information content (AvgIpc) is 3.55. The van der Waals surface area contributed by atoms with Crippen molar-refractivity contribution in [3.05, 3.63) is 125 Å². The molecule has 262 valence electrons. The van der Waals surface area contributed by atoms with Gasteiger partial charge in [0.15, 0.2) is 0 Å². The van der Waals surface area contributed by atoms with Gasteiger partial charge in [-0.3, -0.25) is 4.90 Å². The van der Waals surface area contributed by atoms with Crippen LogP contribution in [0.2, 0.25) is 0 Å². The highest BCUT2D eigenvalue weighted by molar-refractivity contribution is 6.01. The quantitative estimate of drug-likeness (QED) is 0.100. The lowest BCUT2D eigenvalue weighted by Gasteiger charge is -2.42. The molecule has 3 N–H and O–H groups in total. The molecule has 0 spiro atoms. The third-order valence-electron chi connectivity index (χ3n) is 9.14. The van der Waals surface area contributed by atoms with Crippen molar-refractivity contribution in [2.75, 3.05) is 11.5 Å². The number of cyclic esters (lactones) is 1. The van der Waals surface area contributed by atoms with Gasteiger partial charge in [-0.1, -0.05) is 62.6 Å². The summed E-state index contributed by atoms with van der Waals surface area (Å²) in [6.07, 6.45) is 5.04. The molecule has 0 saturated carbocycles. The summed E-state index contributed by atoms with van der Waals surface area (Å²) in [5.74, 6) is -0.883. The van der Waals surface area contributed by atoms with Crippen LogP contribution in [0.3, 0.4) is 0 Å². The number of anilines is 2. The lowest BCUT2D eigenvalue weighted by atomic mass is 9.87. The van der Waals surface area contributed by atoms with Crippen LogP contribution in [-0.2, 0) is 17.0 Å². The molecule has 8 nitrogen and oxygen atoms in total. The molecule has 50 heavy (non-hydrogen) atoms. The van der Waals surface area contributed by atoms with Gasteiger partial charge in [0.25, 0.3) is 0 Å². The second-order valence-electron chi connectivity index (χ2n) is 13.4. The number of carboxylic acids is 1. The number of aromatic carboxylic acids is 1. The number of fused-ring (bicyclic) bond motifs is 2. The maximum absolute atomic E-state index is 13.7. The Morgan fingerprint density at radius 3 is 2.20 bits per heavy atom. The fraction of sp³-hybridized carbons (Fsp3) is 0.333. The zero-order valence-corrected chi connectivity index (χ0v) is 30.0. The fourth-order valence-electron chi connectivity index (χ4n) is 6.89. The minimum absolute atomic E-state index is 0.0508. The predicted molar refractivity (Wildman–Crippen MR) is 201 cm³/mol. The number of nitrogens with zero attached hydrogens (tertiary/aromatic N) is 2. The summed E-state index contributed by atoms with van der Waals surface area (Å²) in [4.78, 5) is 27.9. The molecule has 1 aliphatic heterocycles. The molecule has 1 unspecified atom stereocenters. The van der Waals surface area contributed by atoms with Gasteiger partial charge in [0, 0.05) is 45.6 Å². The molecular formula is C42H49N3O5. The standard InChI is InChI=1S/C34H30N2O5.C8H19N/c1-4-35-22(3)31(28-13-9-10-14-30(28)35)34(29-21-23(32(37)38)15-20-27(29)33(39)41-34)36(24-11-7-6-8-12-24)25-16-18-26(19-17-25)40-5-2;1-4-5-6-7-8(2,3)9/h6-21H,4-5H2,1-3H3,(H,37,38);4-7,9H2,1-3H3. The molecule has 1 aromatic heterocycles. The number of aryl methyl sites for hydroxylation is 1. The van der Waals surface area contributed by atoms with Gasteiger partial charge < -0.3 is 24.9 Å². The number of carbonyl (C=O) groups excluding carboxylic acids is 1. The van der Waals surface area contributed by atoms with Crippen molar-refractivity contribution >= 4 is 34.2 Å². The molecule has 0 radical (unpaired) electrons. The van der Waals surface area contributed by atoms with Crippen LogP contribution in [0.4, 0.5) is 11.4 Å². The molecule has 0 fully saturated rings. The average molecular weight is 676 g/mol. The van der Waals surface area contributed by atoms with Crippen molar-refractivity contribution in [2.24, 2.45) is 5.73 Å². The number of rotatable bonds is 12. The molecule has 0 amide bonds. The number of benzene rings is 4. The number of esters is 1. The summed E-state index contributed by atoms with van der Waals surface area (Å²) in [5.41, 5.74) is 9.40. The molecule has 4 aromatic carbocycles. The normalized spacial score (nSPS) is 15.2. The van der Waals surface area contributed by atoms with Gasteiger partial charge in [0.05, 0.1) is 23.3 Å². The Hall–Kier alpha value is -5.08. The van der Waals surface area contributed by atoms with Crippen LogP contribution in [0.25, 0.3) is 10.9 Å². The fourth-order valence-corrected chi connectivity index (χ4v) is 6.89. The van der Waals surface area contributed by atoms with Crippen LogP contribution in [0.5, 0.6) is 5.75 Å². The Labute approximate surface area is 295 Å². The first-order valence-corrected chi connectivity index (χ1v) is 17.5. The monoisotopic (exact) mass is 675 g/mol. The zero-order valence-electron chi connectivity index (χ0n) is 30.0. The van der Waals surface area contributed by atoms with Gasteiger partial charge in [-0.15, -0.1) is 0 Å². The van der Waals surface area contributed by atoms with Gasteiger partial charge in [-0.2, -0.15) is 0 Å². The van der Waals surface area contributed by atoms with Crippen molar-refractivity contribution in [2.45, 2.75) is 85.0 Å². The minimum Gasteiger partial charge on any atom is -0.494 e. The number of carbonyl (C=O) groups is 2. The summed E-state index contributed by atoms with van der Waals surface area (Å²) in [5, 5.41) is 10.9. The number of aromatic nitrogens is 1. The highest BCUT2D eigenvalue weighted by Gasteiger charge is 2.55. The van der Waals surface area contributed by atoms with Crippen molar-refractivity contribution in [3.63, 3.8) is 0 Å². The largest absolute Gasteiger partial charge is 0.494 e. The van der Waals surface area contributed by atoms with Crippen molar-refractivity contribution < 1.29 is 24.2 Å². The molecule has 5 aromatic rings. The molecule has 1 aliphatic rings. The summed E-state index contributed by atoms with van der Waals surface area (Å²) in [6.45, 7) is 13.6. The van der Waals surface area contributed by atoms with Crippen molar-refractivity contribution in [1.82, 2.24) is 4.57 Å². The number of para-hydroxylation sites is 2. The van der Waals surface area contributed by atoms with E-state index in [-0.39, 0.29) is 11.1 Å². The number of nitrogens with two attached hydrogens (primary N) is 1. The summed E-state index contributed by atoms with van der Waals surface area (Å²) in [6, 6.07) is 29.9. The van der Waals surface area contributed by atoms with E-state index in [1.54, 1.807) is 12.1 Å². The van der Waals surface area contributed by atoms with Crippen LogP contribution < -0.4 is 15.4 Å². The lowest BCUT2D eigenvalue weighted by Crippen LogP contribution is -2.45. The number of unbranched alkanes of at least 4 members (excludes halogenated alkanes) is 2. The first kappa shape index (κ1) is 36.2. The Balaban J connectivity index is 0.000000478. The van der Waals surface area contributed by atoms with Crippen LogP contribution in [-0.4, -0.2) is 33.8 Å².